The number of rotatable bonds is 6. The highest BCUT2D eigenvalue weighted by Crippen LogP contribution is 2.33. The molecule has 166 valence electrons. The minimum Gasteiger partial charge on any atom is -0.467 e. The van der Waals surface area contributed by atoms with Gasteiger partial charge in [-0.1, -0.05) is 35.0 Å². The third kappa shape index (κ3) is 4.52. The fraction of sp³-hybridized carbons (Fsp3) is 0.200. The molecule has 0 fully saturated rings. The van der Waals surface area contributed by atoms with E-state index in [-0.39, 0.29) is 23.1 Å². The summed E-state index contributed by atoms with van der Waals surface area (Å²) < 4.78 is 47.4. The Hall–Kier alpha value is -3.60. The number of carbonyl (C=O) groups is 1. The van der Waals surface area contributed by atoms with E-state index in [2.05, 4.69) is 20.7 Å². The second kappa shape index (κ2) is 8.50. The molecular weight excluding hydrogens is 449 g/mol. The molecule has 0 spiro atoms. The number of aryl methyl sites for hydroxylation is 1. The molecule has 0 aliphatic rings. The summed E-state index contributed by atoms with van der Waals surface area (Å²) in [4.78, 5) is 12.2. The van der Waals surface area contributed by atoms with Crippen LogP contribution in [0.15, 0.2) is 48.5 Å². The van der Waals surface area contributed by atoms with E-state index < -0.39 is 24.4 Å². The predicted molar refractivity (Wildman–Crippen MR) is 109 cm³/mol. The topological polar surface area (TPSA) is 86.9 Å². The molecule has 0 aliphatic carbocycles. The molecule has 0 aliphatic heterocycles. The van der Waals surface area contributed by atoms with E-state index in [4.69, 9.17) is 16.3 Å². The molecule has 1 amide bonds. The zero-order valence-corrected chi connectivity index (χ0v) is 17.4. The lowest BCUT2D eigenvalue weighted by Crippen LogP contribution is -2.28. The monoisotopic (exact) mass is 464 g/mol. The van der Waals surface area contributed by atoms with Crippen molar-refractivity contribution in [3.63, 3.8) is 0 Å². The normalized spacial score (nSPS) is 11.7. The quantitative estimate of drug-likeness (QED) is 0.472. The van der Waals surface area contributed by atoms with E-state index in [1.54, 1.807) is 29.9 Å². The van der Waals surface area contributed by atoms with Gasteiger partial charge in [0.15, 0.2) is 12.3 Å². The Morgan fingerprint density at radius 2 is 1.97 bits per heavy atom. The van der Waals surface area contributed by atoms with Crippen LogP contribution in [-0.2, 0) is 24.6 Å². The standard InChI is InChI=1S/C20H16ClF3N6O2/c1-29-16-7-6-12(8-14(16)26-28-29)10-25-18(31)11-32-19-9-17(20(22,23)24)27-30(19)15-5-3-2-4-13(15)21/h2-9H,10-11H2,1H3,(H,25,31). The number of nitrogens with zero attached hydrogens (tertiary/aromatic N) is 5. The highest BCUT2D eigenvalue weighted by molar-refractivity contribution is 6.32. The number of nitrogens with one attached hydrogen (secondary N) is 1. The van der Waals surface area contributed by atoms with Crippen molar-refractivity contribution in [3.8, 4) is 11.6 Å². The van der Waals surface area contributed by atoms with Gasteiger partial charge in [-0.2, -0.15) is 23.0 Å². The number of alkyl halides is 3. The number of carbonyl (C=O) groups excluding carboxylic acids is 1. The maximum atomic E-state index is 13.2. The number of ether oxygens (including phenoxy) is 1. The summed E-state index contributed by atoms with van der Waals surface area (Å²) in [5, 5.41) is 14.3. The first-order valence-electron chi connectivity index (χ1n) is 9.32. The second-order valence-electron chi connectivity index (χ2n) is 6.83. The van der Waals surface area contributed by atoms with Crippen LogP contribution < -0.4 is 10.1 Å². The SMILES string of the molecule is Cn1nnc2cc(CNC(=O)COc3cc(C(F)(F)F)nn3-c3ccccc3Cl)ccc21. The van der Waals surface area contributed by atoms with Gasteiger partial charge in [-0.3, -0.25) is 4.79 Å². The molecule has 0 saturated carbocycles. The molecule has 8 nitrogen and oxygen atoms in total. The summed E-state index contributed by atoms with van der Waals surface area (Å²) in [6.07, 6.45) is -4.69. The molecule has 1 N–H and O–H groups in total. The van der Waals surface area contributed by atoms with Crippen LogP contribution in [0.5, 0.6) is 5.88 Å². The number of fused-ring (bicyclic) bond motifs is 1. The van der Waals surface area contributed by atoms with Crippen molar-refractivity contribution >= 4 is 28.5 Å². The smallest absolute Gasteiger partial charge is 0.435 e. The maximum absolute atomic E-state index is 13.2. The van der Waals surface area contributed by atoms with Crippen LogP contribution in [0.2, 0.25) is 5.02 Å². The molecule has 0 bridgehead atoms. The Labute approximate surface area is 184 Å². The summed E-state index contributed by atoms with van der Waals surface area (Å²) in [5.41, 5.74) is 1.34. The fourth-order valence-corrected chi connectivity index (χ4v) is 3.20. The average molecular weight is 465 g/mol. The van der Waals surface area contributed by atoms with Crippen LogP contribution in [0.4, 0.5) is 13.2 Å². The van der Waals surface area contributed by atoms with Gasteiger partial charge in [-0.15, -0.1) is 5.10 Å². The summed E-state index contributed by atoms with van der Waals surface area (Å²) in [6.45, 7) is -0.326. The van der Waals surface area contributed by atoms with E-state index in [1.807, 2.05) is 12.1 Å². The van der Waals surface area contributed by atoms with Gasteiger partial charge < -0.3 is 10.1 Å². The molecule has 4 aromatic rings. The van der Waals surface area contributed by atoms with Crippen LogP contribution in [0.25, 0.3) is 16.7 Å². The van der Waals surface area contributed by atoms with Crippen LogP contribution in [0.3, 0.4) is 0 Å². The Bertz CT molecular complexity index is 1280. The van der Waals surface area contributed by atoms with Crippen LogP contribution in [0, 0.1) is 0 Å². The van der Waals surface area contributed by atoms with Gasteiger partial charge in [-0.05, 0) is 29.8 Å². The molecule has 0 atom stereocenters. The molecule has 12 heteroatoms. The molecule has 0 unspecified atom stereocenters. The van der Waals surface area contributed by atoms with Crippen molar-refractivity contribution in [3.05, 3.63) is 64.8 Å². The summed E-state index contributed by atoms with van der Waals surface area (Å²) >= 11 is 6.09. The maximum Gasteiger partial charge on any atom is 0.435 e. The third-order valence-corrected chi connectivity index (χ3v) is 4.88. The second-order valence-corrected chi connectivity index (χ2v) is 7.24. The first-order chi connectivity index (χ1) is 15.2. The highest BCUT2D eigenvalue weighted by Gasteiger charge is 2.36. The van der Waals surface area contributed by atoms with Crippen molar-refractivity contribution in [2.24, 2.45) is 7.05 Å². The number of hydrogen-bond donors (Lipinski definition) is 1. The summed E-state index contributed by atoms with van der Waals surface area (Å²) in [7, 11) is 1.77. The van der Waals surface area contributed by atoms with Crippen molar-refractivity contribution in [1.82, 2.24) is 30.1 Å². The first-order valence-corrected chi connectivity index (χ1v) is 9.70. The number of benzene rings is 2. The Morgan fingerprint density at radius 3 is 2.72 bits per heavy atom. The fourth-order valence-electron chi connectivity index (χ4n) is 2.99. The zero-order chi connectivity index (χ0) is 22.9. The van der Waals surface area contributed by atoms with E-state index in [9.17, 15) is 18.0 Å². The molecule has 0 radical (unpaired) electrons. The minimum absolute atomic E-state index is 0.179. The molecule has 2 heterocycles. The average Bonchev–Trinajstić information content (AvgIpc) is 3.35. The van der Waals surface area contributed by atoms with Gasteiger partial charge >= 0.3 is 6.18 Å². The number of amides is 1. The summed E-state index contributed by atoms with van der Waals surface area (Å²) in [5.74, 6) is -0.786. The van der Waals surface area contributed by atoms with Crippen molar-refractivity contribution < 1.29 is 22.7 Å². The molecule has 2 aromatic carbocycles. The number of para-hydroxylation sites is 1. The Balaban J connectivity index is 1.45. The number of hydrogen-bond acceptors (Lipinski definition) is 5. The first kappa shape index (κ1) is 21.6. The largest absolute Gasteiger partial charge is 0.467 e. The van der Waals surface area contributed by atoms with Gasteiger partial charge in [0.2, 0.25) is 5.88 Å². The van der Waals surface area contributed by atoms with E-state index in [0.717, 1.165) is 21.8 Å². The zero-order valence-electron chi connectivity index (χ0n) is 16.6. The van der Waals surface area contributed by atoms with E-state index >= 15 is 0 Å². The van der Waals surface area contributed by atoms with Gasteiger partial charge in [0.05, 0.1) is 16.2 Å². The van der Waals surface area contributed by atoms with E-state index in [0.29, 0.717) is 5.52 Å². The lowest BCUT2D eigenvalue weighted by Gasteiger charge is -2.10. The third-order valence-electron chi connectivity index (χ3n) is 4.56. The van der Waals surface area contributed by atoms with Gasteiger partial charge in [-0.25, -0.2) is 4.68 Å². The summed E-state index contributed by atoms with van der Waals surface area (Å²) in [6, 6.07) is 12.4. The van der Waals surface area contributed by atoms with Crippen molar-refractivity contribution in [2.75, 3.05) is 6.61 Å². The van der Waals surface area contributed by atoms with Crippen LogP contribution >= 0.6 is 11.6 Å². The predicted octanol–water partition coefficient (Wildman–Crippen LogP) is 3.52. The van der Waals surface area contributed by atoms with Crippen molar-refractivity contribution in [1.29, 1.82) is 0 Å². The minimum atomic E-state index is -4.69. The Kier molecular flexibility index (Phi) is 5.74. The molecular formula is C20H16ClF3N6O2. The highest BCUT2D eigenvalue weighted by atomic mass is 35.5. The van der Waals surface area contributed by atoms with Crippen molar-refractivity contribution in [2.45, 2.75) is 12.7 Å². The number of halogens is 4. The molecule has 2 aromatic heterocycles. The van der Waals surface area contributed by atoms with E-state index in [1.165, 1.54) is 12.1 Å². The molecule has 32 heavy (non-hydrogen) atoms. The molecule has 0 saturated heterocycles. The van der Waals surface area contributed by atoms with Crippen LogP contribution in [-0.4, -0.2) is 37.3 Å². The number of aromatic nitrogens is 5. The lowest BCUT2D eigenvalue weighted by molar-refractivity contribution is -0.141. The van der Waals surface area contributed by atoms with Gasteiger partial charge in [0.25, 0.3) is 5.91 Å². The lowest BCUT2D eigenvalue weighted by atomic mass is 10.2. The van der Waals surface area contributed by atoms with Crippen LogP contribution in [0.1, 0.15) is 11.3 Å². The van der Waals surface area contributed by atoms with Gasteiger partial charge in [0, 0.05) is 19.7 Å². The molecule has 4 rings (SSSR count). The Morgan fingerprint density at radius 1 is 1.19 bits per heavy atom. The van der Waals surface area contributed by atoms with Gasteiger partial charge in [0.1, 0.15) is 5.52 Å².